The summed E-state index contributed by atoms with van der Waals surface area (Å²) in [6.07, 6.45) is 0. The molecule has 19 heavy (non-hydrogen) atoms. The van der Waals surface area contributed by atoms with E-state index in [9.17, 15) is 18.6 Å². The summed E-state index contributed by atoms with van der Waals surface area (Å²) in [7, 11) is -3.95. The van der Waals surface area contributed by atoms with Gasteiger partial charge in [0.15, 0.2) is 0 Å². The van der Waals surface area contributed by atoms with E-state index in [-0.39, 0.29) is 21.3 Å². The molecule has 100 valence electrons. The van der Waals surface area contributed by atoms with Gasteiger partial charge in [-0.25, -0.2) is 8.42 Å². The van der Waals surface area contributed by atoms with Crippen LogP contribution < -0.4 is 0 Å². The predicted octanol–water partition coefficient (Wildman–Crippen LogP) is 2.55. The average molecular weight is 278 g/mol. The lowest BCUT2D eigenvalue weighted by molar-refractivity contribution is 0.452. The third-order valence-corrected chi connectivity index (χ3v) is 5.06. The first-order valence-electron chi connectivity index (χ1n) is 5.68. The van der Waals surface area contributed by atoms with E-state index in [2.05, 4.69) is 0 Å². The Kier molecular flexibility index (Phi) is 3.24. The molecule has 0 radical (unpaired) electrons. The summed E-state index contributed by atoms with van der Waals surface area (Å²) in [4.78, 5) is -0.368. The molecule has 0 aliphatic rings. The van der Waals surface area contributed by atoms with Crippen LogP contribution in [0.5, 0.6) is 11.5 Å². The summed E-state index contributed by atoms with van der Waals surface area (Å²) in [5, 5.41) is 19.5. The molecule has 0 aromatic heterocycles. The Balaban J connectivity index is 2.79. The topological polar surface area (TPSA) is 74.6 Å². The number of aryl methyl sites for hydroxylation is 1. The number of rotatable bonds is 2. The molecular weight excluding hydrogens is 264 g/mol. The number of hydrogen-bond donors (Lipinski definition) is 2. The summed E-state index contributed by atoms with van der Waals surface area (Å²) < 4.78 is 25.1. The van der Waals surface area contributed by atoms with Crippen LogP contribution in [0.2, 0.25) is 0 Å². The molecule has 0 saturated carbocycles. The standard InChI is InChI=1S/C14H14O4S/c1-9-7-8-12(16)14(10(9)2)19(17,18)13-6-4-3-5-11(13)15/h3-8,15-16H,1-2H3. The Morgan fingerprint density at radius 3 is 2.16 bits per heavy atom. The molecule has 0 spiro atoms. The highest BCUT2D eigenvalue weighted by Crippen LogP contribution is 2.36. The number of phenolic OH excluding ortho intramolecular Hbond substituents is 2. The minimum atomic E-state index is -3.95. The molecule has 0 unspecified atom stereocenters. The Hall–Kier alpha value is -2.01. The van der Waals surface area contributed by atoms with E-state index in [4.69, 9.17) is 0 Å². The molecule has 2 aromatic rings. The van der Waals surface area contributed by atoms with Crippen molar-refractivity contribution in [3.05, 3.63) is 47.5 Å². The Morgan fingerprint density at radius 1 is 0.895 bits per heavy atom. The maximum atomic E-state index is 12.5. The minimum absolute atomic E-state index is 0.158. The Labute approximate surface area is 111 Å². The van der Waals surface area contributed by atoms with Gasteiger partial charge in [0.25, 0.3) is 0 Å². The van der Waals surface area contributed by atoms with Crippen molar-refractivity contribution in [2.45, 2.75) is 23.6 Å². The van der Waals surface area contributed by atoms with E-state index in [1.54, 1.807) is 19.9 Å². The van der Waals surface area contributed by atoms with Gasteiger partial charge in [0.2, 0.25) is 9.84 Å². The van der Waals surface area contributed by atoms with E-state index >= 15 is 0 Å². The van der Waals surface area contributed by atoms with Gasteiger partial charge in [-0.05, 0) is 43.2 Å². The molecule has 2 N–H and O–H groups in total. The molecule has 4 nitrogen and oxygen atoms in total. The highest BCUT2D eigenvalue weighted by atomic mass is 32.2. The summed E-state index contributed by atoms with van der Waals surface area (Å²) in [5.41, 5.74) is 1.23. The number of hydrogen-bond acceptors (Lipinski definition) is 4. The molecule has 0 aliphatic heterocycles. The summed E-state index contributed by atoms with van der Waals surface area (Å²) in [6, 6.07) is 8.66. The molecule has 0 bridgehead atoms. The average Bonchev–Trinajstić information content (AvgIpc) is 2.34. The van der Waals surface area contributed by atoms with Crippen molar-refractivity contribution in [2.24, 2.45) is 0 Å². The monoisotopic (exact) mass is 278 g/mol. The number of para-hydroxylation sites is 1. The molecule has 5 heteroatoms. The van der Waals surface area contributed by atoms with Crippen LogP contribution in [0.1, 0.15) is 11.1 Å². The largest absolute Gasteiger partial charge is 0.507 e. The van der Waals surface area contributed by atoms with Gasteiger partial charge < -0.3 is 10.2 Å². The van der Waals surface area contributed by atoms with E-state index in [0.29, 0.717) is 5.56 Å². The fourth-order valence-corrected chi connectivity index (χ4v) is 3.64. The van der Waals surface area contributed by atoms with Crippen LogP contribution in [0.4, 0.5) is 0 Å². The molecule has 2 rings (SSSR count). The van der Waals surface area contributed by atoms with Crippen LogP contribution in [0.15, 0.2) is 46.2 Å². The van der Waals surface area contributed by atoms with Crippen molar-refractivity contribution in [3.63, 3.8) is 0 Å². The van der Waals surface area contributed by atoms with Gasteiger partial charge in [-0.3, -0.25) is 0 Å². The zero-order valence-corrected chi connectivity index (χ0v) is 11.4. The third kappa shape index (κ3) is 2.17. The number of sulfone groups is 1. The fourth-order valence-electron chi connectivity index (χ4n) is 1.91. The molecule has 0 aliphatic carbocycles. The summed E-state index contributed by atoms with van der Waals surface area (Å²) in [6.45, 7) is 3.39. The Bertz CT molecular complexity index is 733. The van der Waals surface area contributed by atoms with Crippen LogP contribution in [-0.4, -0.2) is 18.6 Å². The van der Waals surface area contributed by atoms with Crippen molar-refractivity contribution >= 4 is 9.84 Å². The second kappa shape index (κ2) is 4.59. The van der Waals surface area contributed by atoms with Gasteiger partial charge in [0.1, 0.15) is 21.3 Å². The van der Waals surface area contributed by atoms with Crippen LogP contribution in [0.3, 0.4) is 0 Å². The van der Waals surface area contributed by atoms with Crippen molar-refractivity contribution in [3.8, 4) is 11.5 Å². The SMILES string of the molecule is Cc1ccc(O)c(S(=O)(=O)c2ccccc2O)c1C. The van der Waals surface area contributed by atoms with Gasteiger partial charge in [-0.2, -0.15) is 0 Å². The first-order valence-corrected chi connectivity index (χ1v) is 7.16. The van der Waals surface area contributed by atoms with Crippen LogP contribution in [0.25, 0.3) is 0 Å². The number of benzene rings is 2. The van der Waals surface area contributed by atoms with Crippen molar-refractivity contribution in [1.82, 2.24) is 0 Å². The van der Waals surface area contributed by atoms with Crippen molar-refractivity contribution < 1.29 is 18.6 Å². The maximum Gasteiger partial charge on any atom is 0.214 e. The number of phenols is 2. The molecule has 2 aromatic carbocycles. The van der Waals surface area contributed by atoms with Crippen molar-refractivity contribution in [1.29, 1.82) is 0 Å². The van der Waals surface area contributed by atoms with E-state index in [1.165, 1.54) is 30.3 Å². The first-order chi connectivity index (χ1) is 8.85. The van der Waals surface area contributed by atoms with E-state index in [1.807, 2.05) is 0 Å². The molecule has 0 fully saturated rings. The Morgan fingerprint density at radius 2 is 1.53 bits per heavy atom. The van der Waals surface area contributed by atoms with Gasteiger partial charge >= 0.3 is 0 Å². The highest BCUT2D eigenvalue weighted by molar-refractivity contribution is 7.91. The summed E-state index contributed by atoms with van der Waals surface area (Å²) >= 11 is 0. The first kappa shape index (κ1) is 13.4. The van der Waals surface area contributed by atoms with Gasteiger partial charge in [0.05, 0.1) is 0 Å². The minimum Gasteiger partial charge on any atom is -0.507 e. The zero-order chi connectivity index (χ0) is 14.2. The van der Waals surface area contributed by atoms with E-state index < -0.39 is 9.84 Å². The van der Waals surface area contributed by atoms with Gasteiger partial charge in [-0.1, -0.05) is 18.2 Å². The van der Waals surface area contributed by atoms with Crippen LogP contribution in [-0.2, 0) is 9.84 Å². The predicted molar refractivity (Wildman–Crippen MR) is 71.1 cm³/mol. The maximum absolute atomic E-state index is 12.5. The molecule has 0 heterocycles. The van der Waals surface area contributed by atoms with Crippen LogP contribution >= 0.6 is 0 Å². The quantitative estimate of drug-likeness (QED) is 0.885. The van der Waals surface area contributed by atoms with Crippen LogP contribution in [0, 0.1) is 13.8 Å². The molecular formula is C14H14O4S. The number of aromatic hydroxyl groups is 2. The van der Waals surface area contributed by atoms with Crippen molar-refractivity contribution in [2.75, 3.05) is 0 Å². The summed E-state index contributed by atoms with van der Waals surface area (Å²) in [5.74, 6) is -0.644. The lowest BCUT2D eigenvalue weighted by Crippen LogP contribution is -2.06. The van der Waals surface area contributed by atoms with Gasteiger partial charge in [0, 0.05) is 0 Å². The fraction of sp³-hybridized carbons (Fsp3) is 0.143. The molecule has 0 saturated heterocycles. The smallest absolute Gasteiger partial charge is 0.214 e. The second-order valence-corrected chi connectivity index (χ2v) is 6.18. The van der Waals surface area contributed by atoms with Gasteiger partial charge in [-0.15, -0.1) is 0 Å². The molecule has 0 atom stereocenters. The van der Waals surface area contributed by atoms with E-state index in [0.717, 1.165) is 5.56 Å². The normalized spacial score (nSPS) is 11.5. The molecule has 0 amide bonds. The highest BCUT2D eigenvalue weighted by Gasteiger charge is 2.26. The third-order valence-electron chi connectivity index (χ3n) is 3.08. The lowest BCUT2D eigenvalue weighted by atomic mass is 10.1. The lowest BCUT2D eigenvalue weighted by Gasteiger charge is -2.12. The second-order valence-electron chi connectivity index (χ2n) is 4.33. The zero-order valence-electron chi connectivity index (χ0n) is 10.6.